The second-order valence-electron chi connectivity index (χ2n) is 5.12. The maximum Gasteiger partial charge on any atom is 0.305 e. The molecule has 0 heterocycles. The van der Waals surface area contributed by atoms with E-state index in [9.17, 15) is 9.59 Å². The first-order chi connectivity index (χ1) is 9.97. The van der Waals surface area contributed by atoms with Crippen molar-refractivity contribution in [1.82, 2.24) is 4.90 Å². The number of amides is 1. The third-order valence-corrected chi connectivity index (χ3v) is 3.84. The maximum atomic E-state index is 12.4. The highest BCUT2D eigenvalue weighted by atomic mass is 79.9. The molecule has 1 aliphatic carbocycles. The summed E-state index contributed by atoms with van der Waals surface area (Å²) in [5.74, 6) is -0.426. The molecule has 0 spiro atoms. The quantitative estimate of drug-likeness (QED) is 0.816. The Morgan fingerprint density at radius 2 is 2.00 bits per heavy atom. The number of nitrogens with zero attached hydrogens (tertiary/aromatic N) is 1. The first kappa shape index (κ1) is 15.8. The van der Waals surface area contributed by atoms with Gasteiger partial charge in [0.1, 0.15) is 5.75 Å². The monoisotopic (exact) mass is 355 g/mol. The fourth-order valence-corrected chi connectivity index (χ4v) is 2.34. The lowest BCUT2D eigenvalue weighted by molar-refractivity contribution is -0.141. The predicted octanol–water partition coefficient (Wildman–Crippen LogP) is 2.68. The molecular formula is C15H18BrNO4. The molecule has 21 heavy (non-hydrogen) atoms. The van der Waals surface area contributed by atoms with E-state index in [0.29, 0.717) is 5.75 Å². The van der Waals surface area contributed by atoms with Crippen LogP contribution in [0.4, 0.5) is 0 Å². The van der Waals surface area contributed by atoms with E-state index >= 15 is 0 Å². The second-order valence-corrected chi connectivity index (χ2v) is 6.04. The Balaban J connectivity index is 1.95. The van der Waals surface area contributed by atoms with Crippen molar-refractivity contribution in [3.63, 3.8) is 0 Å². The minimum atomic E-state index is -0.894. The van der Waals surface area contributed by atoms with Crippen LogP contribution in [0.25, 0.3) is 0 Å². The molecule has 1 aliphatic rings. The number of rotatable bonds is 7. The van der Waals surface area contributed by atoms with Gasteiger partial charge >= 0.3 is 5.97 Å². The number of carbonyl (C=O) groups excluding carboxylic acids is 1. The molecular weight excluding hydrogens is 338 g/mol. The summed E-state index contributed by atoms with van der Waals surface area (Å²) in [5, 5.41) is 8.77. The zero-order valence-corrected chi connectivity index (χ0v) is 13.4. The molecule has 114 valence electrons. The summed E-state index contributed by atoms with van der Waals surface area (Å²) in [7, 11) is 0. The molecule has 1 saturated carbocycles. The molecule has 1 N–H and O–H groups in total. The van der Waals surface area contributed by atoms with Crippen LogP contribution in [-0.4, -0.2) is 40.6 Å². The fraction of sp³-hybridized carbons (Fsp3) is 0.467. The van der Waals surface area contributed by atoms with Gasteiger partial charge in [-0.1, -0.05) is 15.9 Å². The van der Waals surface area contributed by atoms with Crippen LogP contribution in [0.15, 0.2) is 28.7 Å². The van der Waals surface area contributed by atoms with Gasteiger partial charge in [0, 0.05) is 17.1 Å². The van der Waals surface area contributed by atoms with E-state index in [0.717, 1.165) is 17.3 Å². The van der Waals surface area contributed by atoms with Gasteiger partial charge < -0.3 is 14.7 Å². The summed E-state index contributed by atoms with van der Waals surface area (Å²) in [4.78, 5) is 24.7. The number of halogens is 1. The number of hydrogen-bond donors (Lipinski definition) is 1. The van der Waals surface area contributed by atoms with E-state index in [2.05, 4.69) is 15.9 Å². The lowest BCUT2D eigenvalue weighted by atomic mass is 10.2. The van der Waals surface area contributed by atoms with Gasteiger partial charge in [0.15, 0.2) is 6.10 Å². The molecule has 6 heteroatoms. The van der Waals surface area contributed by atoms with Gasteiger partial charge in [0.25, 0.3) is 5.91 Å². The van der Waals surface area contributed by atoms with Gasteiger partial charge in [0.05, 0.1) is 6.42 Å². The highest BCUT2D eigenvalue weighted by molar-refractivity contribution is 9.10. The maximum absolute atomic E-state index is 12.4. The highest BCUT2D eigenvalue weighted by Gasteiger charge is 2.35. The lowest BCUT2D eigenvalue weighted by Gasteiger charge is -2.25. The Morgan fingerprint density at radius 3 is 2.52 bits per heavy atom. The highest BCUT2D eigenvalue weighted by Crippen LogP contribution is 2.28. The molecule has 1 unspecified atom stereocenters. The average Bonchev–Trinajstić information content (AvgIpc) is 3.25. The van der Waals surface area contributed by atoms with E-state index < -0.39 is 12.1 Å². The fourth-order valence-electron chi connectivity index (χ4n) is 2.08. The van der Waals surface area contributed by atoms with Gasteiger partial charge in [-0.2, -0.15) is 0 Å². The Kier molecular flexibility index (Phi) is 5.22. The first-order valence-corrected chi connectivity index (χ1v) is 7.71. The van der Waals surface area contributed by atoms with E-state index in [-0.39, 0.29) is 24.9 Å². The Morgan fingerprint density at radius 1 is 1.38 bits per heavy atom. The first-order valence-electron chi connectivity index (χ1n) is 6.92. The zero-order valence-electron chi connectivity index (χ0n) is 11.8. The summed E-state index contributed by atoms with van der Waals surface area (Å²) < 4.78 is 6.58. The van der Waals surface area contributed by atoms with Crippen molar-refractivity contribution in [2.45, 2.75) is 38.3 Å². The van der Waals surface area contributed by atoms with Crippen LogP contribution in [0.3, 0.4) is 0 Å². The lowest BCUT2D eigenvalue weighted by Crippen LogP contribution is -2.42. The smallest absolute Gasteiger partial charge is 0.305 e. The SMILES string of the molecule is CC(Oc1ccc(Br)cc1)C(=O)N(CCC(=O)O)C1CC1. The van der Waals surface area contributed by atoms with Crippen LogP contribution in [0.5, 0.6) is 5.75 Å². The molecule has 1 aromatic carbocycles. The average molecular weight is 356 g/mol. The Hall–Kier alpha value is -1.56. The van der Waals surface area contributed by atoms with E-state index in [4.69, 9.17) is 9.84 Å². The molecule has 0 aromatic heterocycles. The third kappa shape index (κ3) is 4.74. The minimum absolute atomic E-state index is 0.0345. The molecule has 0 saturated heterocycles. The van der Waals surface area contributed by atoms with Crippen molar-refractivity contribution in [2.75, 3.05) is 6.54 Å². The van der Waals surface area contributed by atoms with Crippen LogP contribution in [0.2, 0.25) is 0 Å². The minimum Gasteiger partial charge on any atom is -0.481 e. The molecule has 0 aliphatic heterocycles. The van der Waals surface area contributed by atoms with Crippen LogP contribution < -0.4 is 4.74 Å². The number of benzene rings is 1. The van der Waals surface area contributed by atoms with Crippen LogP contribution in [0, 0.1) is 0 Å². The van der Waals surface area contributed by atoms with Crippen molar-refractivity contribution in [2.24, 2.45) is 0 Å². The normalized spacial score (nSPS) is 15.3. The van der Waals surface area contributed by atoms with E-state index in [1.807, 2.05) is 12.1 Å². The molecule has 5 nitrogen and oxygen atoms in total. The number of carbonyl (C=O) groups is 2. The molecule has 1 aromatic rings. The van der Waals surface area contributed by atoms with Crippen molar-refractivity contribution in [1.29, 1.82) is 0 Å². The van der Waals surface area contributed by atoms with Crippen LogP contribution in [-0.2, 0) is 9.59 Å². The van der Waals surface area contributed by atoms with Crippen molar-refractivity contribution in [3.05, 3.63) is 28.7 Å². The number of aliphatic carboxylic acids is 1. The standard InChI is InChI=1S/C15H18BrNO4/c1-10(21-13-6-2-11(16)3-7-13)15(20)17(12-4-5-12)9-8-14(18)19/h2-3,6-7,10,12H,4-5,8-9H2,1H3,(H,18,19). The van der Waals surface area contributed by atoms with Gasteiger partial charge in [0.2, 0.25) is 0 Å². The summed E-state index contributed by atoms with van der Waals surface area (Å²) in [5.41, 5.74) is 0. The van der Waals surface area contributed by atoms with Crippen LogP contribution >= 0.6 is 15.9 Å². The van der Waals surface area contributed by atoms with Crippen molar-refractivity contribution < 1.29 is 19.4 Å². The Labute approximate surface area is 132 Å². The van der Waals surface area contributed by atoms with Crippen molar-refractivity contribution in [3.8, 4) is 5.75 Å². The second kappa shape index (κ2) is 6.93. The molecule has 0 radical (unpaired) electrons. The molecule has 1 amide bonds. The molecule has 0 bridgehead atoms. The Bertz CT molecular complexity index is 513. The van der Waals surface area contributed by atoms with Gasteiger partial charge in [-0.3, -0.25) is 9.59 Å². The third-order valence-electron chi connectivity index (χ3n) is 3.31. The van der Waals surface area contributed by atoms with Gasteiger partial charge in [-0.25, -0.2) is 0 Å². The zero-order chi connectivity index (χ0) is 15.4. The number of carboxylic acid groups (broad SMARTS) is 1. The number of carboxylic acids is 1. The molecule has 1 atom stereocenters. The molecule has 2 rings (SSSR count). The number of hydrogen-bond acceptors (Lipinski definition) is 3. The largest absolute Gasteiger partial charge is 0.481 e. The summed E-state index contributed by atoms with van der Waals surface area (Å²) in [6.07, 6.45) is 1.22. The summed E-state index contributed by atoms with van der Waals surface area (Å²) in [6, 6.07) is 7.43. The van der Waals surface area contributed by atoms with Crippen LogP contribution in [0.1, 0.15) is 26.2 Å². The topological polar surface area (TPSA) is 66.8 Å². The number of ether oxygens (including phenoxy) is 1. The summed E-state index contributed by atoms with van der Waals surface area (Å²) >= 11 is 3.34. The molecule has 1 fully saturated rings. The van der Waals surface area contributed by atoms with Crippen molar-refractivity contribution >= 4 is 27.8 Å². The van der Waals surface area contributed by atoms with Gasteiger partial charge in [-0.15, -0.1) is 0 Å². The van der Waals surface area contributed by atoms with E-state index in [1.165, 1.54) is 0 Å². The van der Waals surface area contributed by atoms with Gasteiger partial charge in [-0.05, 0) is 44.0 Å². The van der Waals surface area contributed by atoms with E-state index in [1.54, 1.807) is 24.0 Å². The predicted molar refractivity (Wildman–Crippen MR) is 81.2 cm³/mol. The summed E-state index contributed by atoms with van der Waals surface area (Å²) in [6.45, 7) is 1.94.